The number of aromatic nitrogens is 2. The Kier molecular flexibility index (Phi) is 4.84. The monoisotopic (exact) mass is 471 g/mol. The van der Waals surface area contributed by atoms with Gasteiger partial charge in [0.2, 0.25) is 0 Å². The van der Waals surface area contributed by atoms with E-state index in [-0.39, 0.29) is 0 Å². The van der Waals surface area contributed by atoms with Crippen LogP contribution in [0.3, 0.4) is 0 Å². The van der Waals surface area contributed by atoms with Crippen LogP contribution in [0, 0.1) is 6.57 Å². The molecule has 7 rings (SSSR count). The molecule has 0 aliphatic rings. The van der Waals surface area contributed by atoms with E-state index >= 15 is 0 Å². The molecule has 0 aliphatic carbocycles. The molecule has 0 saturated carbocycles. The molecule has 2 heterocycles. The van der Waals surface area contributed by atoms with Gasteiger partial charge in [0.1, 0.15) is 6.20 Å². The van der Waals surface area contributed by atoms with Gasteiger partial charge in [-0.15, -0.1) is 4.98 Å². The summed E-state index contributed by atoms with van der Waals surface area (Å²) in [6, 6.07) is 42.7. The van der Waals surface area contributed by atoms with Gasteiger partial charge in [0.25, 0.3) is 5.82 Å². The molecule has 0 N–H and O–H groups in total. The molecule has 0 atom stereocenters. The SMILES string of the molecule is [C-]#[N+]c1cc(-c2cccc(-c3ccc4c5c6ccccc6ccc5n(-c5ccccc5)c4c3)c2)ccn1. The van der Waals surface area contributed by atoms with Crippen LogP contribution in [-0.4, -0.2) is 9.55 Å². The number of para-hydroxylation sites is 1. The van der Waals surface area contributed by atoms with Crippen molar-refractivity contribution in [3.63, 3.8) is 0 Å². The summed E-state index contributed by atoms with van der Waals surface area (Å²) in [6.07, 6.45) is 1.70. The maximum Gasteiger partial charge on any atom is 0.270 e. The smallest absolute Gasteiger partial charge is 0.270 e. The fraction of sp³-hybridized carbons (Fsp3) is 0. The van der Waals surface area contributed by atoms with Gasteiger partial charge < -0.3 is 9.41 Å². The van der Waals surface area contributed by atoms with E-state index < -0.39 is 0 Å². The largest absolute Gasteiger partial charge is 0.361 e. The lowest BCUT2D eigenvalue weighted by molar-refractivity contribution is 1.18. The maximum absolute atomic E-state index is 7.30. The van der Waals surface area contributed by atoms with Gasteiger partial charge in [-0.05, 0) is 75.5 Å². The van der Waals surface area contributed by atoms with Crippen LogP contribution in [0.2, 0.25) is 0 Å². The third-order valence-corrected chi connectivity index (χ3v) is 7.06. The lowest BCUT2D eigenvalue weighted by Crippen LogP contribution is -1.93. The molecule has 0 aliphatic heterocycles. The van der Waals surface area contributed by atoms with E-state index in [0.29, 0.717) is 5.82 Å². The summed E-state index contributed by atoms with van der Waals surface area (Å²) in [5, 5.41) is 5.03. The van der Waals surface area contributed by atoms with E-state index in [0.717, 1.165) is 27.9 Å². The van der Waals surface area contributed by atoms with Crippen molar-refractivity contribution in [1.82, 2.24) is 9.55 Å². The Balaban J connectivity index is 1.48. The Morgan fingerprint density at radius 1 is 0.568 bits per heavy atom. The summed E-state index contributed by atoms with van der Waals surface area (Å²) in [5.41, 5.74) is 7.88. The van der Waals surface area contributed by atoms with Crippen molar-refractivity contribution in [2.45, 2.75) is 0 Å². The molecule has 0 spiro atoms. The average Bonchev–Trinajstić information content (AvgIpc) is 3.32. The summed E-state index contributed by atoms with van der Waals surface area (Å²) >= 11 is 0. The molecule has 0 unspecified atom stereocenters. The van der Waals surface area contributed by atoms with Gasteiger partial charge in [0.05, 0.1) is 11.0 Å². The van der Waals surface area contributed by atoms with Crippen molar-refractivity contribution in [3.8, 4) is 27.9 Å². The normalized spacial score (nSPS) is 11.2. The van der Waals surface area contributed by atoms with E-state index in [2.05, 4.69) is 124 Å². The first-order valence-electron chi connectivity index (χ1n) is 12.3. The molecule has 2 aromatic heterocycles. The summed E-state index contributed by atoms with van der Waals surface area (Å²) in [6.45, 7) is 7.30. The molecule has 3 nitrogen and oxygen atoms in total. The third kappa shape index (κ3) is 3.47. The molecule has 0 saturated heterocycles. The topological polar surface area (TPSA) is 22.2 Å². The minimum Gasteiger partial charge on any atom is -0.361 e. The Hall–Kier alpha value is -5.20. The van der Waals surface area contributed by atoms with E-state index in [1.165, 1.54) is 32.6 Å². The zero-order valence-electron chi connectivity index (χ0n) is 20.0. The second-order valence-corrected chi connectivity index (χ2v) is 9.18. The number of fused-ring (bicyclic) bond motifs is 5. The Bertz CT molecular complexity index is 1990. The minimum absolute atomic E-state index is 0.406. The van der Waals surface area contributed by atoms with Crippen LogP contribution >= 0.6 is 0 Å². The Labute approximate surface area is 214 Å². The Morgan fingerprint density at radius 2 is 1.32 bits per heavy atom. The second kappa shape index (κ2) is 8.48. The van der Waals surface area contributed by atoms with Crippen molar-refractivity contribution in [2.24, 2.45) is 0 Å². The van der Waals surface area contributed by atoms with E-state index in [4.69, 9.17) is 6.57 Å². The van der Waals surface area contributed by atoms with Gasteiger partial charge in [-0.3, -0.25) is 0 Å². The standard InChI is InChI=1S/C34H21N3/c1-35-33-22-27(18-19-36-33)25-10-7-9-24(20-25)26-14-16-30-32(21-26)37(28-11-3-2-4-12-28)31-17-15-23-8-5-6-13-29(23)34(30)31/h2-22H. The lowest BCUT2D eigenvalue weighted by atomic mass is 9.98. The first-order chi connectivity index (χ1) is 18.3. The highest BCUT2D eigenvalue weighted by molar-refractivity contribution is 6.21. The molecule has 0 radical (unpaired) electrons. The molecule has 172 valence electrons. The van der Waals surface area contributed by atoms with E-state index in [1.54, 1.807) is 6.20 Å². The van der Waals surface area contributed by atoms with Crippen molar-refractivity contribution >= 4 is 38.4 Å². The first-order valence-corrected chi connectivity index (χ1v) is 12.3. The van der Waals surface area contributed by atoms with Crippen LogP contribution in [0.5, 0.6) is 0 Å². The van der Waals surface area contributed by atoms with Crippen LogP contribution in [0.25, 0.3) is 65.4 Å². The van der Waals surface area contributed by atoms with Crippen molar-refractivity contribution in [1.29, 1.82) is 0 Å². The molecule has 5 aromatic carbocycles. The number of pyridine rings is 1. The summed E-state index contributed by atoms with van der Waals surface area (Å²) < 4.78 is 2.37. The van der Waals surface area contributed by atoms with Gasteiger partial charge in [-0.25, -0.2) is 0 Å². The molecule has 0 fully saturated rings. The number of hydrogen-bond donors (Lipinski definition) is 0. The minimum atomic E-state index is 0.406. The van der Waals surface area contributed by atoms with Crippen LogP contribution in [-0.2, 0) is 0 Å². The fourth-order valence-corrected chi connectivity index (χ4v) is 5.36. The van der Waals surface area contributed by atoms with Gasteiger partial charge in [-0.2, -0.15) is 0 Å². The average molecular weight is 472 g/mol. The molecular weight excluding hydrogens is 450 g/mol. The number of benzene rings is 5. The molecule has 0 amide bonds. The summed E-state index contributed by atoms with van der Waals surface area (Å²) in [4.78, 5) is 7.61. The molecule has 37 heavy (non-hydrogen) atoms. The zero-order valence-corrected chi connectivity index (χ0v) is 20.0. The molecule has 0 bridgehead atoms. The third-order valence-electron chi connectivity index (χ3n) is 7.06. The first kappa shape index (κ1) is 21.1. The highest BCUT2D eigenvalue weighted by Crippen LogP contribution is 2.39. The van der Waals surface area contributed by atoms with Crippen LogP contribution in [0.1, 0.15) is 0 Å². The number of hydrogen-bond acceptors (Lipinski definition) is 1. The quantitative estimate of drug-likeness (QED) is 0.235. The van der Waals surface area contributed by atoms with Gasteiger partial charge in [0, 0.05) is 16.5 Å². The van der Waals surface area contributed by atoms with E-state index in [1.807, 2.05) is 12.1 Å². The maximum atomic E-state index is 7.30. The predicted octanol–water partition coefficient (Wildman–Crippen LogP) is 9.22. The van der Waals surface area contributed by atoms with Gasteiger partial charge in [-0.1, -0.05) is 85.4 Å². The Morgan fingerprint density at radius 3 is 2.16 bits per heavy atom. The lowest BCUT2D eigenvalue weighted by Gasteiger charge is -2.10. The zero-order chi connectivity index (χ0) is 24.8. The van der Waals surface area contributed by atoms with Crippen molar-refractivity contribution in [2.75, 3.05) is 0 Å². The van der Waals surface area contributed by atoms with Gasteiger partial charge in [0.15, 0.2) is 0 Å². The fourth-order valence-electron chi connectivity index (χ4n) is 5.36. The summed E-state index contributed by atoms with van der Waals surface area (Å²) in [7, 11) is 0. The number of rotatable bonds is 3. The second-order valence-electron chi connectivity index (χ2n) is 9.18. The van der Waals surface area contributed by atoms with E-state index in [9.17, 15) is 0 Å². The highest BCUT2D eigenvalue weighted by atomic mass is 15.0. The molecule has 3 heteroatoms. The number of nitrogens with zero attached hydrogens (tertiary/aromatic N) is 3. The van der Waals surface area contributed by atoms with Gasteiger partial charge >= 0.3 is 0 Å². The van der Waals surface area contributed by atoms with Crippen molar-refractivity contribution in [3.05, 3.63) is 139 Å². The predicted molar refractivity (Wildman–Crippen MR) is 153 cm³/mol. The van der Waals surface area contributed by atoms with Crippen molar-refractivity contribution < 1.29 is 0 Å². The molecular formula is C34H21N3. The molecule has 7 aromatic rings. The van der Waals surface area contributed by atoms with Crippen LogP contribution in [0.4, 0.5) is 5.82 Å². The van der Waals surface area contributed by atoms with Crippen LogP contribution < -0.4 is 0 Å². The summed E-state index contributed by atoms with van der Waals surface area (Å²) in [5.74, 6) is 0.406. The van der Waals surface area contributed by atoms with Crippen LogP contribution in [0.15, 0.2) is 128 Å². The highest BCUT2D eigenvalue weighted by Gasteiger charge is 2.16.